The Hall–Kier alpha value is -6.49. The van der Waals surface area contributed by atoms with Gasteiger partial charge in [-0.15, -0.1) is 0 Å². The molecule has 0 aliphatic heterocycles. The number of anilines is 1. The minimum absolute atomic E-state index is 0.00219. The van der Waals surface area contributed by atoms with Crippen molar-refractivity contribution in [3.05, 3.63) is 122 Å². The van der Waals surface area contributed by atoms with Gasteiger partial charge in [0.2, 0.25) is 15.9 Å². The van der Waals surface area contributed by atoms with E-state index in [-0.39, 0.29) is 67.4 Å². The molecule has 5 aromatic heterocycles. The number of aryl methyl sites for hydroxylation is 1. The molecule has 7 aromatic rings. The smallest absolute Gasteiger partial charge is 0.293 e. The molecule has 0 unspecified atom stereocenters. The van der Waals surface area contributed by atoms with Gasteiger partial charge < -0.3 is 5.32 Å². The molecule has 64 heavy (non-hydrogen) atoms. The average molecular weight is 933 g/mol. The summed E-state index contributed by atoms with van der Waals surface area (Å²) in [6.07, 6.45) is -5.95. The number of amides is 1. The van der Waals surface area contributed by atoms with Crippen LogP contribution >= 0.6 is 11.6 Å². The van der Waals surface area contributed by atoms with Crippen molar-refractivity contribution in [3.8, 4) is 17.1 Å². The molecule has 3 atom stereocenters. The Morgan fingerprint density at radius 3 is 2.36 bits per heavy atom. The third kappa shape index (κ3) is 7.48. The van der Waals surface area contributed by atoms with Crippen molar-refractivity contribution in [3.63, 3.8) is 0 Å². The normalized spacial score (nSPS) is 17.0. The maximum Gasteiger partial charge on any atom is 0.293 e. The minimum atomic E-state index is -3.96. The number of fused-ring (bicyclic) bond motifs is 5. The lowest BCUT2D eigenvalue weighted by Crippen LogP contribution is -2.38. The second kappa shape index (κ2) is 15.3. The number of nitrogens with zero attached hydrogens (tertiary/aromatic N) is 8. The number of hydrogen-bond acceptors (Lipinski definition) is 9. The van der Waals surface area contributed by atoms with Crippen LogP contribution in [0.5, 0.6) is 0 Å². The van der Waals surface area contributed by atoms with Gasteiger partial charge in [-0.05, 0) is 66.4 Å². The molecule has 2 aliphatic carbocycles. The fraction of sp³-hybridized carbons (Fsp3) is 0.275. The molecule has 0 spiro atoms. The van der Waals surface area contributed by atoms with E-state index in [4.69, 9.17) is 11.6 Å². The Bertz CT molecular complexity index is 3250. The number of benzene rings is 2. The van der Waals surface area contributed by atoms with Gasteiger partial charge in [0.05, 0.1) is 50.7 Å². The van der Waals surface area contributed by atoms with E-state index in [1.807, 2.05) is 0 Å². The molecule has 14 nitrogen and oxygen atoms in total. The number of alkyl halides is 6. The molecule has 24 heteroatoms. The lowest BCUT2D eigenvalue weighted by atomic mass is 10.0. The Kier molecular flexibility index (Phi) is 10.3. The first-order valence-electron chi connectivity index (χ1n) is 19.0. The molecule has 1 fully saturated rings. The van der Waals surface area contributed by atoms with Crippen LogP contribution < -0.4 is 15.6 Å². The van der Waals surface area contributed by atoms with Crippen molar-refractivity contribution in [2.75, 3.05) is 11.0 Å². The Morgan fingerprint density at radius 1 is 0.953 bits per heavy atom. The lowest BCUT2D eigenvalue weighted by molar-refractivity contribution is -0.123. The number of halogens is 9. The van der Waals surface area contributed by atoms with Gasteiger partial charge >= 0.3 is 0 Å². The van der Waals surface area contributed by atoms with Crippen LogP contribution in [0.2, 0.25) is 5.02 Å². The molecule has 1 amide bonds. The fourth-order valence-electron chi connectivity index (χ4n) is 8.32. The molecule has 9 rings (SSSR count). The Morgan fingerprint density at radius 2 is 1.67 bits per heavy atom. The predicted octanol–water partition coefficient (Wildman–Crippen LogP) is 7.41. The standard InChI is InChI=1S/C40H29ClF8N10O4S/c1-57-32-27(9-7-22(41)30(32)37(55-57)56-64(2,62)63)59-38(53-36-19(39(59)61)6-8-24(52-36)23-4-3-5-25(50-23)34(44)45)26(12-16-10-17(42)13-18(43)11-16)51-28(60)15-58-33-29(31(54-58)35(46)47)20-14-21(20)40(33,48)49/h3-11,13,20-21,26,34-35H,12,14-15H2,1-2H3,(H,51,60)(H,55,56)/t20-,21+,26-/m0/s1. The van der Waals surface area contributed by atoms with Crippen molar-refractivity contribution < 1.29 is 48.3 Å². The number of hydrogen-bond donors (Lipinski definition) is 2. The van der Waals surface area contributed by atoms with Crippen LogP contribution in [0.3, 0.4) is 0 Å². The van der Waals surface area contributed by atoms with Crippen LogP contribution in [0.25, 0.3) is 39.0 Å². The van der Waals surface area contributed by atoms with Gasteiger partial charge in [-0.25, -0.2) is 49.7 Å². The second-order valence-corrected chi connectivity index (χ2v) is 17.5. The van der Waals surface area contributed by atoms with Crippen LogP contribution in [-0.2, 0) is 40.8 Å². The summed E-state index contributed by atoms with van der Waals surface area (Å²) >= 11 is 6.59. The molecule has 0 radical (unpaired) electrons. The molecule has 1 saturated carbocycles. The predicted molar refractivity (Wildman–Crippen MR) is 214 cm³/mol. The van der Waals surface area contributed by atoms with E-state index in [9.17, 15) is 44.3 Å². The summed E-state index contributed by atoms with van der Waals surface area (Å²) in [5, 5.41) is 10.3. The van der Waals surface area contributed by atoms with Crippen molar-refractivity contribution in [1.29, 1.82) is 0 Å². The van der Waals surface area contributed by atoms with Gasteiger partial charge in [0.1, 0.15) is 41.1 Å². The number of rotatable bonds is 12. The van der Waals surface area contributed by atoms with Crippen molar-refractivity contribution in [2.45, 2.75) is 50.1 Å². The van der Waals surface area contributed by atoms with Crippen molar-refractivity contribution >= 4 is 55.3 Å². The van der Waals surface area contributed by atoms with Crippen LogP contribution in [0.15, 0.2) is 65.5 Å². The van der Waals surface area contributed by atoms with E-state index in [0.717, 1.165) is 29.0 Å². The van der Waals surface area contributed by atoms with Gasteiger partial charge in [-0.2, -0.15) is 19.0 Å². The number of nitrogens with one attached hydrogen (secondary N) is 2. The zero-order valence-corrected chi connectivity index (χ0v) is 34.4. The number of aromatic nitrogens is 8. The topological polar surface area (TPSA) is 172 Å². The molecule has 2 N–H and O–H groups in total. The molecule has 0 bridgehead atoms. The number of carbonyl (C=O) groups is 1. The molecule has 5 heterocycles. The maximum atomic E-state index is 15.5. The van der Waals surface area contributed by atoms with E-state index in [0.29, 0.717) is 10.7 Å². The monoisotopic (exact) mass is 932 g/mol. The number of carbonyl (C=O) groups excluding carboxylic acids is 1. The molecular weight excluding hydrogens is 904 g/mol. The van der Waals surface area contributed by atoms with E-state index < -0.39 is 106 Å². The maximum absolute atomic E-state index is 15.5. The highest BCUT2D eigenvalue weighted by Gasteiger charge is 2.67. The highest BCUT2D eigenvalue weighted by atomic mass is 35.5. The molecule has 2 aromatic carbocycles. The molecule has 2 aliphatic rings. The largest absolute Gasteiger partial charge is 0.344 e. The lowest BCUT2D eigenvalue weighted by Gasteiger charge is -2.24. The van der Waals surface area contributed by atoms with Crippen molar-refractivity contribution in [1.82, 2.24) is 44.4 Å². The van der Waals surface area contributed by atoms with Gasteiger partial charge in [0.15, 0.2) is 11.5 Å². The highest BCUT2D eigenvalue weighted by Crippen LogP contribution is 2.68. The van der Waals surface area contributed by atoms with Crippen LogP contribution in [0, 0.1) is 17.6 Å². The zero-order valence-electron chi connectivity index (χ0n) is 32.8. The first kappa shape index (κ1) is 42.8. The highest BCUT2D eigenvalue weighted by molar-refractivity contribution is 7.92. The van der Waals surface area contributed by atoms with Crippen molar-refractivity contribution in [2.24, 2.45) is 13.0 Å². The average Bonchev–Trinajstić information content (AvgIpc) is 3.75. The summed E-state index contributed by atoms with van der Waals surface area (Å²) in [4.78, 5) is 42.1. The Labute approximate surface area is 360 Å². The van der Waals surface area contributed by atoms with Gasteiger partial charge in [-0.3, -0.25) is 28.2 Å². The first-order valence-corrected chi connectivity index (χ1v) is 21.3. The summed E-state index contributed by atoms with van der Waals surface area (Å²) in [6, 6.07) is 9.73. The van der Waals surface area contributed by atoms with Gasteiger partial charge in [-0.1, -0.05) is 17.7 Å². The van der Waals surface area contributed by atoms with E-state index in [1.165, 1.54) is 48.1 Å². The Balaban J connectivity index is 1.26. The molecular formula is C40H29ClF8N10O4S. The number of pyridine rings is 2. The third-order valence-corrected chi connectivity index (χ3v) is 11.8. The van der Waals surface area contributed by atoms with Crippen LogP contribution in [-0.4, -0.2) is 59.7 Å². The van der Waals surface area contributed by atoms with E-state index in [2.05, 4.69) is 35.2 Å². The molecule has 332 valence electrons. The molecule has 0 saturated heterocycles. The quantitative estimate of drug-likeness (QED) is 0.118. The van der Waals surface area contributed by atoms with Crippen LogP contribution in [0.4, 0.5) is 40.9 Å². The summed E-state index contributed by atoms with van der Waals surface area (Å²) in [5.41, 5.74) is -4.17. The van der Waals surface area contributed by atoms with Gasteiger partial charge in [0.25, 0.3) is 24.3 Å². The zero-order chi connectivity index (χ0) is 45.7. The summed E-state index contributed by atoms with van der Waals surface area (Å²) in [5.74, 6) is -9.61. The first-order chi connectivity index (χ1) is 30.2. The summed E-state index contributed by atoms with van der Waals surface area (Å²) in [7, 11) is -2.57. The SMILES string of the molecule is Cn1nc(NS(C)(=O)=O)c2c(Cl)ccc(-n3c([C@H](Cc4cc(F)cc(F)c4)NC(=O)Cn4nc(C(F)F)c5c4C(F)(F)[C@@H]4C[C@H]54)nc4nc(-c5cccc(C(F)F)n5)ccc4c3=O)c21. The third-order valence-electron chi connectivity index (χ3n) is 10.9. The van der Waals surface area contributed by atoms with Gasteiger partial charge in [0, 0.05) is 31.0 Å². The van der Waals surface area contributed by atoms with Crippen LogP contribution in [0.1, 0.15) is 65.3 Å². The fourth-order valence-corrected chi connectivity index (χ4v) is 9.06. The van der Waals surface area contributed by atoms with E-state index in [1.54, 1.807) is 0 Å². The number of sulfonamides is 1. The summed E-state index contributed by atoms with van der Waals surface area (Å²) < 4.78 is 146. The second-order valence-electron chi connectivity index (χ2n) is 15.3. The van der Waals surface area contributed by atoms with E-state index >= 15 is 8.78 Å². The minimum Gasteiger partial charge on any atom is -0.344 e. The summed E-state index contributed by atoms with van der Waals surface area (Å²) in [6.45, 7) is -1.06.